The van der Waals surface area contributed by atoms with Crippen molar-refractivity contribution in [1.82, 2.24) is 19.6 Å². The summed E-state index contributed by atoms with van der Waals surface area (Å²) >= 11 is 5.94. The third-order valence-electron chi connectivity index (χ3n) is 4.24. The van der Waals surface area contributed by atoms with Crippen LogP contribution in [-0.2, 0) is 12.8 Å². The molecule has 0 saturated carbocycles. The van der Waals surface area contributed by atoms with Crippen LogP contribution in [0.1, 0.15) is 18.3 Å². The second-order valence-electron chi connectivity index (χ2n) is 5.88. The lowest BCUT2D eigenvalue weighted by atomic mass is 10.1. The van der Waals surface area contributed by atoms with Crippen molar-refractivity contribution in [2.45, 2.75) is 19.8 Å². The average molecular weight is 352 g/mol. The molecule has 0 aliphatic carbocycles. The van der Waals surface area contributed by atoms with E-state index in [4.69, 9.17) is 16.6 Å². The molecule has 4 rings (SSSR count). The van der Waals surface area contributed by atoms with Gasteiger partial charge in [0.1, 0.15) is 5.82 Å². The van der Waals surface area contributed by atoms with Crippen LogP contribution in [0.2, 0.25) is 5.02 Å². The van der Waals surface area contributed by atoms with E-state index in [0.29, 0.717) is 0 Å². The fourth-order valence-corrected chi connectivity index (χ4v) is 3.08. The molecule has 2 heterocycles. The molecule has 0 saturated heterocycles. The number of nitrogens with zero attached hydrogens (tertiary/aromatic N) is 4. The van der Waals surface area contributed by atoms with Gasteiger partial charge in [0.25, 0.3) is 0 Å². The molecule has 6 heteroatoms. The number of hydrogen-bond donors (Lipinski definition) is 1. The van der Waals surface area contributed by atoms with E-state index in [1.807, 2.05) is 52.9 Å². The van der Waals surface area contributed by atoms with Gasteiger partial charge < -0.3 is 5.32 Å². The summed E-state index contributed by atoms with van der Waals surface area (Å²) in [4.78, 5) is 4.78. The van der Waals surface area contributed by atoms with Gasteiger partial charge in [-0.3, -0.25) is 0 Å². The van der Waals surface area contributed by atoms with E-state index >= 15 is 0 Å². The van der Waals surface area contributed by atoms with Crippen molar-refractivity contribution in [3.63, 3.8) is 0 Å². The minimum Gasteiger partial charge on any atom is -0.355 e. The van der Waals surface area contributed by atoms with Crippen molar-refractivity contribution >= 4 is 34.1 Å². The number of anilines is 1. The van der Waals surface area contributed by atoms with Gasteiger partial charge in [0.2, 0.25) is 5.95 Å². The number of fused-ring (bicyclic) bond motifs is 3. The first kappa shape index (κ1) is 15.8. The predicted molar refractivity (Wildman–Crippen MR) is 101 cm³/mol. The SMILES string of the molecule is CCc1nnc2c3ccccc3nc(NCCc3ccc(Cl)cc3)n12. The summed E-state index contributed by atoms with van der Waals surface area (Å²) in [6, 6.07) is 15.9. The predicted octanol–water partition coefficient (Wildman–Crippen LogP) is 4.15. The van der Waals surface area contributed by atoms with E-state index in [2.05, 4.69) is 22.4 Å². The molecule has 0 amide bonds. The first-order valence-electron chi connectivity index (χ1n) is 8.37. The highest BCUT2D eigenvalue weighted by molar-refractivity contribution is 6.30. The largest absolute Gasteiger partial charge is 0.355 e. The molecule has 0 aliphatic rings. The molecule has 0 radical (unpaired) electrons. The van der Waals surface area contributed by atoms with Crippen molar-refractivity contribution in [1.29, 1.82) is 0 Å². The number of para-hydroxylation sites is 1. The van der Waals surface area contributed by atoms with Gasteiger partial charge in [-0.1, -0.05) is 42.8 Å². The van der Waals surface area contributed by atoms with Gasteiger partial charge in [-0.25, -0.2) is 9.38 Å². The third kappa shape index (κ3) is 3.03. The number of rotatable bonds is 5. The normalized spacial score (nSPS) is 11.3. The molecule has 0 atom stereocenters. The topological polar surface area (TPSA) is 55.1 Å². The van der Waals surface area contributed by atoms with Crippen LogP contribution in [0.25, 0.3) is 16.6 Å². The van der Waals surface area contributed by atoms with E-state index in [9.17, 15) is 0 Å². The molecule has 0 spiro atoms. The molecule has 0 unspecified atom stereocenters. The Kier molecular flexibility index (Phi) is 4.24. The van der Waals surface area contributed by atoms with Crippen LogP contribution in [0.5, 0.6) is 0 Å². The van der Waals surface area contributed by atoms with Crippen LogP contribution >= 0.6 is 11.6 Å². The maximum absolute atomic E-state index is 5.94. The van der Waals surface area contributed by atoms with E-state index in [1.165, 1.54) is 5.56 Å². The molecule has 25 heavy (non-hydrogen) atoms. The Bertz CT molecular complexity index is 1020. The summed E-state index contributed by atoms with van der Waals surface area (Å²) in [6.45, 7) is 2.84. The molecule has 2 aromatic carbocycles. The van der Waals surface area contributed by atoms with Gasteiger partial charge in [0.05, 0.1) is 5.52 Å². The lowest BCUT2D eigenvalue weighted by molar-refractivity contribution is 0.889. The summed E-state index contributed by atoms with van der Waals surface area (Å²) in [5, 5.41) is 13.9. The minimum atomic E-state index is 0.756. The second-order valence-corrected chi connectivity index (χ2v) is 6.32. The fraction of sp³-hybridized carbons (Fsp3) is 0.211. The van der Waals surface area contributed by atoms with Crippen molar-refractivity contribution < 1.29 is 0 Å². The van der Waals surface area contributed by atoms with Crippen molar-refractivity contribution in [3.8, 4) is 0 Å². The monoisotopic (exact) mass is 351 g/mol. The smallest absolute Gasteiger partial charge is 0.210 e. The highest BCUT2D eigenvalue weighted by atomic mass is 35.5. The Labute approximate surface area is 150 Å². The second kappa shape index (κ2) is 6.69. The van der Waals surface area contributed by atoms with E-state index in [1.54, 1.807) is 0 Å². The van der Waals surface area contributed by atoms with Gasteiger partial charge in [-0.15, -0.1) is 10.2 Å². The highest BCUT2D eigenvalue weighted by Crippen LogP contribution is 2.22. The van der Waals surface area contributed by atoms with Crippen LogP contribution in [0, 0.1) is 0 Å². The first-order valence-corrected chi connectivity index (χ1v) is 8.75. The quantitative estimate of drug-likeness (QED) is 0.587. The van der Waals surface area contributed by atoms with Crippen LogP contribution in [-0.4, -0.2) is 26.1 Å². The molecule has 0 aliphatic heterocycles. The van der Waals surface area contributed by atoms with E-state index in [-0.39, 0.29) is 0 Å². The zero-order valence-corrected chi connectivity index (χ0v) is 14.7. The van der Waals surface area contributed by atoms with Crippen molar-refractivity contribution in [2.75, 3.05) is 11.9 Å². The summed E-state index contributed by atoms with van der Waals surface area (Å²) < 4.78 is 2.02. The van der Waals surface area contributed by atoms with Crippen molar-refractivity contribution in [2.24, 2.45) is 0 Å². The first-order chi connectivity index (χ1) is 12.3. The molecular weight excluding hydrogens is 334 g/mol. The summed E-state index contributed by atoms with van der Waals surface area (Å²) in [6.07, 6.45) is 1.68. The molecule has 0 bridgehead atoms. The van der Waals surface area contributed by atoms with Crippen LogP contribution in [0.4, 0.5) is 5.95 Å². The zero-order valence-electron chi connectivity index (χ0n) is 13.9. The molecule has 126 valence electrons. The zero-order chi connectivity index (χ0) is 17.2. The Morgan fingerprint density at radius 3 is 2.64 bits per heavy atom. The maximum Gasteiger partial charge on any atom is 0.210 e. The number of hydrogen-bond acceptors (Lipinski definition) is 4. The molecule has 1 N–H and O–H groups in total. The molecule has 4 aromatic rings. The highest BCUT2D eigenvalue weighted by Gasteiger charge is 2.13. The Morgan fingerprint density at radius 1 is 1.04 bits per heavy atom. The fourth-order valence-electron chi connectivity index (χ4n) is 2.96. The molecule has 0 fully saturated rings. The summed E-state index contributed by atoms with van der Waals surface area (Å²) in [5.41, 5.74) is 2.99. The summed E-state index contributed by atoms with van der Waals surface area (Å²) in [7, 11) is 0. The lowest BCUT2D eigenvalue weighted by Crippen LogP contribution is -2.11. The lowest BCUT2D eigenvalue weighted by Gasteiger charge is -2.11. The Hall–Kier alpha value is -2.66. The number of halogens is 1. The van der Waals surface area contributed by atoms with Gasteiger partial charge in [0, 0.05) is 23.4 Å². The Balaban J connectivity index is 1.67. The number of nitrogens with one attached hydrogen (secondary N) is 1. The number of benzene rings is 2. The maximum atomic E-state index is 5.94. The van der Waals surface area contributed by atoms with Crippen LogP contribution in [0.3, 0.4) is 0 Å². The van der Waals surface area contributed by atoms with Crippen LogP contribution < -0.4 is 5.32 Å². The minimum absolute atomic E-state index is 0.756. The van der Waals surface area contributed by atoms with E-state index < -0.39 is 0 Å². The standard InChI is InChI=1S/C19H18ClN5/c1-2-17-23-24-18-15-5-3-4-6-16(15)22-19(25(17)18)21-12-11-13-7-9-14(20)10-8-13/h3-10H,2,11-12H2,1H3,(H,21,22). The molecule has 2 aromatic heterocycles. The average Bonchev–Trinajstić information content (AvgIpc) is 3.08. The van der Waals surface area contributed by atoms with Gasteiger partial charge >= 0.3 is 0 Å². The van der Waals surface area contributed by atoms with Crippen molar-refractivity contribution in [3.05, 3.63) is 64.9 Å². The van der Waals surface area contributed by atoms with Gasteiger partial charge in [0.15, 0.2) is 5.65 Å². The van der Waals surface area contributed by atoms with Crippen LogP contribution in [0.15, 0.2) is 48.5 Å². The summed E-state index contributed by atoms with van der Waals surface area (Å²) in [5.74, 6) is 1.69. The van der Waals surface area contributed by atoms with Gasteiger partial charge in [-0.05, 0) is 36.2 Å². The van der Waals surface area contributed by atoms with Gasteiger partial charge in [-0.2, -0.15) is 0 Å². The number of aryl methyl sites for hydroxylation is 1. The molecule has 5 nitrogen and oxygen atoms in total. The third-order valence-corrected chi connectivity index (χ3v) is 4.49. The van der Waals surface area contributed by atoms with E-state index in [0.717, 1.165) is 52.7 Å². The number of aromatic nitrogens is 4. The molecular formula is C19H18ClN5. The Morgan fingerprint density at radius 2 is 1.84 bits per heavy atom.